The molecule has 25 heavy (non-hydrogen) atoms. The molecule has 0 bridgehead atoms. The summed E-state index contributed by atoms with van der Waals surface area (Å²) in [5.74, 6) is 0.963. The van der Waals surface area contributed by atoms with Gasteiger partial charge in [0, 0.05) is 32.1 Å². The molecular weight excluding hydrogens is 380 g/mol. The summed E-state index contributed by atoms with van der Waals surface area (Å²) >= 11 is 3.45. The number of carbonyl (C=O) groups is 1. The number of nitrogens with one attached hydrogen (secondary N) is 1. The van der Waals surface area contributed by atoms with Gasteiger partial charge in [-0.3, -0.25) is 9.69 Å². The van der Waals surface area contributed by atoms with Crippen molar-refractivity contribution < 1.29 is 9.53 Å². The lowest BCUT2D eigenvalue weighted by molar-refractivity contribution is -0.122. The van der Waals surface area contributed by atoms with E-state index in [4.69, 9.17) is 4.74 Å². The zero-order chi connectivity index (χ0) is 18.1. The number of rotatable bonds is 8. The maximum atomic E-state index is 12.1. The molecule has 1 heterocycles. The minimum Gasteiger partial charge on any atom is -0.492 e. The number of benzene rings is 1. The minimum atomic E-state index is 0.137. The first-order chi connectivity index (χ1) is 12.0. The number of hydrogen-bond donors (Lipinski definition) is 1. The summed E-state index contributed by atoms with van der Waals surface area (Å²) in [6, 6.07) is 8.09. The highest BCUT2D eigenvalue weighted by molar-refractivity contribution is 9.10. The van der Waals surface area contributed by atoms with Crippen molar-refractivity contribution in [3.63, 3.8) is 0 Å². The maximum Gasteiger partial charge on any atom is 0.220 e. The summed E-state index contributed by atoms with van der Waals surface area (Å²) in [5, 5.41) is 3.17. The molecule has 0 unspecified atom stereocenters. The van der Waals surface area contributed by atoms with Crippen LogP contribution in [0.3, 0.4) is 0 Å². The van der Waals surface area contributed by atoms with E-state index < -0.39 is 0 Å². The first-order valence-electron chi connectivity index (χ1n) is 9.07. The third kappa shape index (κ3) is 7.61. The van der Waals surface area contributed by atoms with Gasteiger partial charge in [-0.25, -0.2) is 0 Å². The Balaban J connectivity index is 1.58. The van der Waals surface area contributed by atoms with Crippen LogP contribution in [-0.2, 0) is 4.79 Å². The van der Waals surface area contributed by atoms with Crippen LogP contribution in [0.15, 0.2) is 40.4 Å². The second-order valence-electron chi connectivity index (χ2n) is 6.81. The molecule has 1 N–H and O–H groups in total. The van der Waals surface area contributed by atoms with Crippen LogP contribution < -0.4 is 10.1 Å². The Kier molecular flexibility index (Phi) is 8.49. The number of para-hydroxylation sites is 1. The van der Waals surface area contributed by atoms with E-state index in [9.17, 15) is 4.79 Å². The SMILES string of the molecule is CC(C)=CCN1CCC(NC(=O)CCCOc2ccccc2Br)CC1. The summed E-state index contributed by atoms with van der Waals surface area (Å²) in [5.41, 5.74) is 1.36. The lowest BCUT2D eigenvalue weighted by Gasteiger charge is -2.31. The monoisotopic (exact) mass is 408 g/mol. The van der Waals surface area contributed by atoms with Crippen molar-refractivity contribution >= 4 is 21.8 Å². The fraction of sp³-hybridized carbons (Fsp3) is 0.550. The Morgan fingerprint density at radius 2 is 2.04 bits per heavy atom. The molecule has 1 saturated heterocycles. The molecule has 4 nitrogen and oxygen atoms in total. The highest BCUT2D eigenvalue weighted by atomic mass is 79.9. The second kappa shape index (κ2) is 10.6. The zero-order valence-electron chi connectivity index (χ0n) is 15.3. The first kappa shape index (κ1) is 20.0. The normalized spacial score (nSPS) is 15.6. The van der Waals surface area contributed by atoms with E-state index in [1.807, 2.05) is 24.3 Å². The van der Waals surface area contributed by atoms with Crippen LogP contribution in [0.1, 0.15) is 39.5 Å². The van der Waals surface area contributed by atoms with Gasteiger partial charge < -0.3 is 10.1 Å². The Bertz CT molecular complexity index is 577. The van der Waals surface area contributed by atoms with Crippen molar-refractivity contribution in [3.05, 3.63) is 40.4 Å². The zero-order valence-corrected chi connectivity index (χ0v) is 16.8. The molecule has 1 aliphatic rings. The highest BCUT2D eigenvalue weighted by Gasteiger charge is 2.19. The maximum absolute atomic E-state index is 12.1. The number of halogens is 1. The van der Waals surface area contributed by atoms with E-state index in [1.165, 1.54) is 5.57 Å². The number of likely N-dealkylation sites (tertiary alicyclic amines) is 1. The van der Waals surface area contributed by atoms with Crippen LogP contribution >= 0.6 is 15.9 Å². The molecule has 1 fully saturated rings. The smallest absolute Gasteiger partial charge is 0.220 e. The molecule has 0 atom stereocenters. The topological polar surface area (TPSA) is 41.6 Å². The van der Waals surface area contributed by atoms with Crippen LogP contribution in [0.5, 0.6) is 5.75 Å². The summed E-state index contributed by atoms with van der Waals surface area (Å²) in [7, 11) is 0. The van der Waals surface area contributed by atoms with Crippen LogP contribution in [0.2, 0.25) is 0 Å². The van der Waals surface area contributed by atoms with Gasteiger partial charge in [0.05, 0.1) is 11.1 Å². The van der Waals surface area contributed by atoms with Crippen molar-refractivity contribution in [2.24, 2.45) is 0 Å². The molecule has 0 radical (unpaired) electrons. The van der Waals surface area contributed by atoms with Crippen molar-refractivity contribution in [1.82, 2.24) is 10.2 Å². The predicted octanol–water partition coefficient (Wildman–Crippen LogP) is 4.15. The van der Waals surface area contributed by atoms with Crippen LogP contribution in [0.4, 0.5) is 0 Å². The van der Waals surface area contributed by atoms with E-state index in [1.54, 1.807) is 0 Å². The molecule has 5 heteroatoms. The van der Waals surface area contributed by atoms with Gasteiger partial charge in [0.25, 0.3) is 0 Å². The molecule has 1 aliphatic heterocycles. The predicted molar refractivity (Wildman–Crippen MR) is 106 cm³/mol. The first-order valence-corrected chi connectivity index (χ1v) is 9.86. The van der Waals surface area contributed by atoms with Crippen molar-refractivity contribution in [3.8, 4) is 5.75 Å². The van der Waals surface area contributed by atoms with Gasteiger partial charge in [0.15, 0.2) is 0 Å². The number of hydrogen-bond acceptors (Lipinski definition) is 3. The molecule has 138 valence electrons. The number of ether oxygens (including phenoxy) is 1. The average Bonchev–Trinajstić information content (AvgIpc) is 2.59. The second-order valence-corrected chi connectivity index (χ2v) is 7.66. The number of allylic oxidation sites excluding steroid dienone is 1. The van der Waals surface area contributed by atoms with Gasteiger partial charge in [-0.1, -0.05) is 23.8 Å². The fourth-order valence-corrected chi connectivity index (χ4v) is 3.25. The Morgan fingerprint density at radius 1 is 1.32 bits per heavy atom. The number of piperidine rings is 1. The minimum absolute atomic E-state index is 0.137. The summed E-state index contributed by atoms with van der Waals surface area (Å²) in [4.78, 5) is 14.5. The number of nitrogens with zero attached hydrogens (tertiary/aromatic N) is 1. The quantitative estimate of drug-likeness (QED) is 0.518. The van der Waals surface area contributed by atoms with Gasteiger partial charge in [-0.15, -0.1) is 0 Å². The molecule has 1 aromatic carbocycles. The molecule has 1 amide bonds. The summed E-state index contributed by atoms with van der Waals surface area (Å²) in [6.07, 6.45) is 5.59. The van der Waals surface area contributed by atoms with Gasteiger partial charge in [-0.2, -0.15) is 0 Å². The third-order valence-electron chi connectivity index (χ3n) is 4.35. The fourth-order valence-electron chi connectivity index (χ4n) is 2.85. The molecule has 0 aromatic heterocycles. The third-order valence-corrected chi connectivity index (χ3v) is 5.01. The van der Waals surface area contributed by atoms with Crippen molar-refractivity contribution in [2.75, 3.05) is 26.2 Å². The molecule has 1 aromatic rings. The standard InChI is InChI=1S/C20H29BrN2O2/c1-16(2)9-12-23-13-10-17(11-14-23)22-20(24)8-5-15-25-19-7-4-3-6-18(19)21/h3-4,6-7,9,17H,5,8,10-15H2,1-2H3,(H,22,24). The van der Waals surface area contributed by atoms with E-state index in [2.05, 4.69) is 46.1 Å². The van der Waals surface area contributed by atoms with Crippen LogP contribution in [0, 0.1) is 0 Å². The molecule has 0 spiro atoms. The van der Waals surface area contributed by atoms with E-state index in [0.717, 1.165) is 49.1 Å². The van der Waals surface area contributed by atoms with E-state index in [0.29, 0.717) is 19.1 Å². The molecular formula is C20H29BrN2O2. The van der Waals surface area contributed by atoms with Gasteiger partial charge in [0.1, 0.15) is 5.75 Å². The number of carbonyl (C=O) groups excluding carboxylic acids is 1. The van der Waals surface area contributed by atoms with Crippen molar-refractivity contribution in [2.45, 2.75) is 45.6 Å². The highest BCUT2D eigenvalue weighted by Crippen LogP contribution is 2.23. The summed E-state index contributed by atoms with van der Waals surface area (Å²) < 4.78 is 6.64. The molecule has 0 aliphatic carbocycles. The van der Waals surface area contributed by atoms with Gasteiger partial charge in [-0.05, 0) is 61.2 Å². The summed E-state index contributed by atoms with van der Waals surface area (Å²) in [6.45, 7) is 7.95. The molecule has 0 saturated carbocycles. The Labute approximate surface area is 159 Å². The largest absolute Gasteiger partial charge is 0.492 e. The Hall–Kier alpha value is -1.33. The van der Waals surface area contributed by atoms with E-state index in [-0.39, 0.29) is 5.91 Å². The number of amides is 1. The molecule has 2 rings (SSSR count). The van der Waals surface area contributed by atoms with Gasteiger partial charge >= 0.3 is 0 Å². The lowest BCUT2D eigenvalue weighted by atomic mass is 10.0. The van der Waals surface area contributed by atoms with Crippen LogP contribution in [0.25, 0.3) is 0 Å². The lowest BCUT2D eigenvalue weighted by Crippen LogP contribution is -2.44. The van der Waals surface area contributed by atoms with Crippen molar-refractivity contribution in [1.29, 1.82) is 0 Å². The van der Waals surface area contributed by atoms with Gasteiger partial charge in [0.2, 0.25) is 5.91 Å². The Morgan fingerprint density at radius 3 is 2.72 bits per heavy atom. The van der Waals surface area contributed by atoms with Crippen LogP contribution in [-0.4, -0.2) is 43.1 Å². The average molecular weight is 409 g/mol. The van der Waals surface area contributed by atoms with E-state index >= 15 is 0 Å².